The van der Waals surface area contributed by atoms with Gasteiger partial charge >= 0.3 is 0 Å². The zero-order chi connectivity index (χ0) is 14.7. The fourth-order valence-electron chi connectivity index (χ4n) is 1.38. The zero-order valence-corrected chi connectivity index (χ0v) is 12.3. The Morgan fingerprint density at radius 1 is 1.38 bits per heavy atom. The Kier molecular flexibility index (Phi) is 3.83. The van der Waals surface area contributed by atoms with Crippen LogP contribution in [0.5, 0.6) is 0 Å². The monoisotopic (exact) mass is 320 g/mol. The van der Waals surface area contributed by atoms with E-state index in [1.807, 2.05) is 6.26 Å². The van der Waals surface area contributed by atoms with Gasteiger partial charge in [0.2, 0.25) is 5.13 Å². The number of nitrogens with one attached hydrogen (secondary N) is 1. The number of carbonyl (C=O) groups is 1. The van der Waals surface area contributed by atoms with Crippen molar-refractivity contribution in [3.63, 3.8) is 0 Å². The first-order chi connectivity index (χ1) is 10.3. The number of hydrogen-bond acceptors (Lipinski definition) is 9. The van der Waals surface area contributed by atoms with Crippen LogP contribution in [0.3, 0.4) is 0 Å². The standard InChI is InChI=1S/C10H8N8OS2/c1-20-10-15-14-9(21-10)12-8(19)7-13-17-18(16-7)6-3-2-4-11-5-6/h2-5H,1H3,(H,12,14,19). The van der Waals surface area contributed by atoms with E-state index in [1.165, 1.54) is 27.9 Å². The Morgan fingerprint density at radius 2 is 2.29 bits per heavy atom. The van der Waals surface area contributed by atoms with E-state index >= 15 is 0 Å². The number of rotatable bonds is 4. The molecule has 1 amide bonds. The number of aromatic nitrogens is 7. The van der Waals surface area contributed by atoms with Gasteiger partial charge in [-0.15, -0.1) is 25.2 Å². The van der Waals surface area contributed by atoms with Gasteiger partial charge in [0, 0.05) is 6.20 Å². The van der Waals surface area contributed by atoms with Crippen molar-refractivity contribution in [2.75, 3.05) is 11.6 Å². The molecule has 0 aliphatic carbocycles. The van der Waals surface area contributed by atoms with Crippen molar-refractivity contribution in [2.24, 2.45) is 0 Å². The second-order valence-corrected chi connectivity index (χ2v) is 5.68. The smallest absolute Gasteiger partial charge is 0.293 e. The molecule has 3 heterocycles. The number of hydrogen-bond donors (Lipinski definition) is 1. The minimum Gasteiger partial charge on any atom is -0.293 e. The molecule has 9 nitrogen and oxygen atoms in total. The van der Waals surface area contributed by atoms with E-state index in [9.17, 15) is 4.79 Å². The summed E-state index contributed by atoms with van der Waals surface area (Å²) in [4.78, 5) is 17.2. The Labute approximate surface area is 126 Å². The van der Waals surface area contributed by atoms with Gasteiger partial charge in [-0.3, -0.25) is 15.1 Å². The van der Waals surface area contributed by atoms with Crippen LogP contribution in [0.25, 0.3) is 5.69 Å². The third-order valence-corrected chi connectivity index (χ3v) is 4.11. The molecule has 21 heavy (non-hydrogen) atoms. The lowest BCUT2D eigenvalue weighted by Gasteiger charge is -1.96. The lowest BCUT2D eigenvalue weighted by Crippen LogP contribution is -2.14. The Balaban J connectivity index is 1.75. The van der Waals surface area contributed by atoms with Crippen molar-refractivity contribution >= 4 is 34.1 Å². The summed E-state index contributed by atoms with van der Waals surface area (Å²) in [5.74, 6) is -0.548. The number of anilines is 1. The normalized spacial score (nSPS) is 10.5. The molecular formula is C10H8N8OS2. The molecule has 0 spiro atoms. The molecule has 0 unspecified atom stereocenters. The van der Waals surface area contributed by atoms with Crippen molar-refractivity contribution in [3.8, 4) is 5.69 Å². The molecule has 3 rings (SSSR count). The van der Waals surface area contributed by atoms with Crippen molar-refractivity contribution in [1.82, 2.24) is 35.4 Å². The minimum absolute atomic E-state index is 0.0558. The zero-order valence-electron chi connectivity index (χ0n) is 10.7. The number of carbonyl (C=O) groups excluding carboxylic acids is 1. The summed E-state index contributed by atoms with van der Waals surface area (Å²) in [6.45, 7) is 0. The van der Waals surface area contributed by atoms with Crippen LogP contribution < -0.4 is 5.32 Å². The molecule has 1 N–H and O–H groups in total. The number of thioether (sulfide) groups is 1. The lowest BCUT2D eigenvalue weighted by molar-refractivity contribution is 0.101. The number of pyridine rings is 1. The third kappa shape index (κ3) is 3.03. The van der Waals surface area contributed by atoms with E-state index < -0.39 is 5.91 Å². The third-order valence-electron chi connectivity index (χ3n) is 2.30. The lowest BCUT2D eigenvalue weighted by atomic mass is 10.4. The maximum Gasteiger partial charge on any atom is 0.299 e. The van der Waals surface area contributed by atoms with Crippen LogP contribution in [0.2, 0.25) is 0 Å². The van der Waals surface area contributed by atoms with E-state index in [0.29, 0.717) is 10.8 Å². The Morgan fingerprint density at radius 3 is 3.00 bits per heavy atom. The molecule has 0 aromatic carbocycles. The molecule has 0 atom stereocenters. The number of tetrazole rings is 1. The first-order valence-electron chi connectivity index (χ1n) is 5.65. The first-order valence-corrected chi connectivity index (χ1v) is 7.69. The van der Waals surface area contributed by atoms with E-state index in [-0.39, 0.29) is 5.82 Å². The fraction of sp³-hybridized carbons (Fsp3) is 0.100. The Hall–Kier alpha value is -2.40. The van der Waals surface area contributed by atoms with Crippen LogP contribution in [-0.2, 0) is 0 Å². The Bertz CT molecular complexity index is 755. The van der Waals surface area contributed by atoms with Crippen molar-refractivity contribution in [3.05, 3.63) is 30.4 Å². The van der Waals surface area contributed by atoms with Crippen molar-refractivity contribution in [1.29, 1.82) is 0 Å². The molecule has 3 aromatic heterocycles. The molecular weight excluding hydrogens is 312 g/mol. The number of amides is 1. The van der Waals surface area contributed by atoms with Crippen LogP contribution in [0.4, 0.5) is 5.13 Å². The first kappa shape index (κ1) is 13.6. The van der Waals surface area contributed by atoms with Gasteiger partial charge in [-0.1, -0.05) is 23.1 Å². The molecule has 0 fully saturated rings. The highest BCUT2D eigenvalue weighted by Gasteiger charge is 2.16. The molecule has 0 aliphatic heterocycles. The maximum atomic E-state index is 12.0. The summed E-state index contributed by atoms with van der Waals surface area (Å²) in [6.07, 6.45) is 5.08. The molecule has 0 aliphatic rings. The topological polar surface area (TPSA) is 111 Å². The molecule has 3 aromatic rings. The summed E-state index contributed by atoms with van der Waals surface area (Å²) < 4.78 is 0.761. The van der Waals surface area contributed by atoms with Gasteiger partial charge in [0.05, 0.1) is 6.20 Å². The summed E-state index contributed by atoms with van der Waals surface area (Å²) in [5.41, 5.74) is 0.615. The van der Waals surface area contributed by atoms with Gasteiger partial charge < -0.3 is 0 Å². The fourth-order valence-corrected chi connectivity index (χ4v) is 2.55. The summed E-state index contributed by atoms with van der Waals surface area (Å²) >= 11 is 2.73. The van der Waals surface area contributed by atoms with Crippen molar-refractivity contribution in [2.45, 2.75) is 4.34 Å². The predicted molar refractivity (Wildman–Crippen MR) is 76.6 cm³/mol. The highest BCUT2D eigenvalue weighted by atomic mass is 32.2. The van der Waals surface area contributed by atoms with Crippen LogP contribution in [-0.4, -0.2) is 47.6 Å². The SMILES string of the molecule is CSc1nnc(NC(=O)c2nnn(-c3cccnc3)n2)s1. The molecule has 0 bridgehead atoms. The van der Waals surface area contributed by atoms with Gasteiger partial charge in [-0.2, -0.15) is 0 Å². The summed E-state index contributed by atoms with van der Waals surface area (Å²) in [7, 11) is 0. The molecule has 0 radical (unpaired) electrons. The van der Waals surface area contributed by atoms with Crippen LogP contribution in [0, 0.1) is 0 Å². The van der Waals surface area contributed by atoms with Crippen LogP contribution in [0.1, 0.15) is 10.6 Å². The van der Waals surface area contributed by atoms with Crippen LogP contribution >= 0.6 is 23.1 Å². The summed E-state index contributed by atoms with van der Waals surface area (Å²) in [5, 5.41) is 22.2. The quantitative estimate of drug-likeness (QED) is 0.557. The largest absolute Gasteiger partial charge is 0.299 e. The van der Waals surface area contributed by atoms with E-state index in [4.69, 9.17) is 0 Å². The van der Waals surface area contributed by atoms with Gasteiger partial charge in [0.15, 0.2) is 4.34 Å². The minimum atomic E-state index is -0.492. The van der Waals surface area contributed by atoms with Crippen molar-refractivity contribution < 1.29 is 4.79 Å². The van der Waals surface area contributed by atoms with Crippen LogP contribution in [0.15, 0.2) is 28.9 Å². The van der Waals surface area contributed by atoms with E-state index in [0.717, 1.165) is 4.34 Å². The van der Waals surface area contributed by atoms with Gasteiger partial charge in [-0.25, -0.2) is 0 Å². The molecule has 0 saturated heterocycles. The molecule has 106 valence electrons. The highest BCUT2D eigenvalue weighted by Crippen LogP contribution is 2.23. The number of nitrogens with zero attached hydrogens (tertiary/aromatic N) is 7. The average Bonchev–Trinajstić information content (AvgIpc) is 3.17. The average molecular weight is 320 g/mol. The highest BCUT2D eigenvalue weighted by molar-refractivity contribution is 8.00. The second-order valence-electron chi connectivity index (χ2n) is 3.65. The second kappa shape index (κ2) is 5.93. The molecule has 11 heteroatoms. The molecule has 0 saturated carbocycles. The maximum absolute atomic E-state index is 12.0. The van der Waals surface area contributed by atoms with E-state index in [1.54, 1.807) is 24.5 Å². The van der Waals surface area contributed by atoms with Gasteiger partial charge in [0.25, 0.3) is 11.7 Å². The van der Waals surface area contributed by atoms with E-state index in [2.05, 4.69) is 35.9 Å². The summed E-state index contributed by atoms with van der Waals surface area (Å²) in [6, 6.07) is 3.50. The van der Waals surface area contributed by atoms with Gasteiger partial charge in [0.1, 0.15) is 5.69 Å². The predicted octanol–water partition coefficient (Wildman–Crippen LogP) is 0.883. The van der Waals surface area contributed by atoms with Gasteiger partial charge in [-0.05, 0) is 23.6 Å².